The Bertz CT molecular complexity index is 166. The Labute approximate surface area is 68.7 Å². The summed E-state index contributed by atoms with van der Waals surface area (Å²) >= 11 is 0. The van der Waals surface area contributed by atoms with E-state index in [9.17, 15) is 0 Å². The molecule has 0 aromatic carbocycles. The summed E-state index contributed by atoms with van der Waals surface area (Å²) in [6, 6.07) is 0. The van der Waals surface area contributed by atoms with E-state index in [0.717, 1.165) is 5.57 Å². The predicted octanol–water partition coefficient (Wildman–Crippen LogP) is 2.30. The second-order valence-corrected chi connectivity index (χ2v) is 2.48. The van der Waals surface area contributed by atoms with Crippen molar-refractivity contribution in [3.8, 4) is 0 Å². The van der Waals surface area contributed by atoms with Crippen molar-refractivity contribution in [3.05, 3.63) is 36.5 Å². The second kappa shape index (κ2) is 5.93. The normalized spacial score (nSPS) is 15.4. The van der Waals surface area contributed by atoms with E-state index in [-0.39, 0.29) is 12.5 Å². The molecule has 0 saturated carbocycles. The number of aliphatic hydroxyl groups is 1. The van der Waals surface area contributed by atoms with Crippen LogP contribution >= 0.6 is 0 Å². The predicted molar refractivity (Wildman–Crippen MR) is 49.3 cm³/mol. The average molecular weight is 152 g/mol. The maximum atomic E-state index is 8.82. The van der Waals surface area contributed by atoms with Crippen LogP contribution in [0.5, 0.6) is 0 Å². The van der Waals surface area contributed by atoms with E-state index in [4.69, 9.17) is 5.11 Å². The lowest BCUT2D eigenvalue weighted by Gasteiger charge is -2.07. The van der Waals surface area contributed by atoms with Gasteiger partial charge in [-0.1, -0.05) is 37.8 Å². The van der Waals surface area contributed by atoms with Gasteiger partial charge in [-0.2, -0.15) is 0 Å². The molecule has 0 saturated heterocycles. The van der Waals surface area contributed by atoms with Gasteiger partial charge in [-0.15, -0.1) is 0 Å². The number of aliphatic hydroxyl groups excluding tert-OH is 1. The van der Waals surface area contributed by atoms with E-state index in [1.165, 1.54) is 0 Å². The number of allylic oxidation sites excluding steroid dienone is 4. The minimum absolute atomic E-state index is 0.176. The lowest BCUT2D eigenvalue weighted by molar-refractivity contribution is 0.258. The van der Waals surface area contributed by atoms with E-state index in [0.29, 0.717) is 0 Å². The van der Waals surface area contributed by atoms with Gasteiger partial charge in [0, 0.05) is 12.5 Å². The molecule has 0 amide bonds. The molecule has 1 heteroatoms. The van der Waals surface area contributed by atoms with E-state index < -0.39 is 0 Å². The SMILES string of the molecule is C=C/C(=C\C=C/C)C(C)CO. The summed E-state index contributed by atoms with van der Waals surface area (Å²) in [6.45, 7) is 7.77. The lowest BCUT2D eigenvalue weighted by Crippen LogP contribution is -2.01. The fourth-order valence-electron chi connectivity index (χ4n) is 0.746. The molecule has 1 N–H and O–H groups in total. The zero-order valence-electron chi connectivity index (χ0n) is 7.25. The minimum atomic E-state index is 0.176. The largest absolute Gasteiger partial charge is 0.396 e. The van der Waals surface area contributed by atoms with E-state index in [1.807, 2.05) is 32.1 Å². The molecule has 0 bridgehead atoms. The third-order valence-electron chi connectivity index (χ3n) is 1.56. The monoisotopic (exact) mass is 152 g/mol. The van der Waals surface area contributed by atoms with Gasteiger partial charge in [-0.25, -0.2) is 0 Å². The summed E-state index contributed by atoms with van der Waals surface area (Å²) in [6.07, 6.45) is 7.64. The van der Waals surface area contributed by atoms with Gasteiger partial charge in [0.2, 0.25) is 0 Å². The first-order valence-electron chi connectivity index (χ1n) is 3.82. The summed E-state index contributed by atoms with van der Waals surface area (Å²) in [5.74, 6) is 0.184. The molecule has 0 radical (unpaired) electrons. The van der Waals surface area contributed by atoms with Crippen molar-refractivity contribution in [2.75, 3.05) is 6.61 Å². The summed E-state index contributed by atoms with van der Waals surface area (Å²) < 4.78 is 0. The molecular weight excluding hydrogens is 136 g/mol. The topological polar surface area (TPSA) is 20.2 Å². The first kappa shape index (κ1) is 10.2. The molecule has 0 aliphatic rings. The fraction of sp³-hybridized carbons (Fsp3) is 0.400. The van der Waals surface area contributed by atoms with Crippen LogP contribution in [0.4, 0.5) is 0 Å². The Morgan fingerprint density at radius 3 is 2.64 bits per heavy atom. The van der Waals surface area contributed by atoms with Gasteiger partial charge >= 0.3 is 0 Å². The van der Waals surface area contributed by atoms with Crippen LogP contribution in [0, 0.1) is 5.92 Å². The molecule has 1 unspecified atom stereocenters. The molecule has 0 aromatic heterocycles. The highest BCUT2D eigenvalue weighted by molar-refractivity contribution is 5.23. The molecule has 0 spiro atoms. The lowest BCUT2D eigenvalue weighted by atomic mass is 10.0. The molecule has 62 valence electrons. The van der Waals surface area contributed by atoms with Crippen molar-refractivity contribution in [2.45, 2.75) is 13.8 Å². The Kier molecular flexibility index (Phi) is 5.49. The summed E-state index contributed by atoms with van der Waals surface area (Å²) in [4.78, 5) is 0. The molecule has 1 nitrogen and oxygen atoms in total. The van der Waals surface area contributed by atoms with Crippen LogP contribution in [0.2, 0.25) is 0 Å². The van der Waals surface area contributed by atoms with Gasteiger partial charge in [-0.3, -0.25) is 0 Å². The maximum absolute atomic E-state index is 8.82. The Hall–Kier alpha value is -0.820. The third kappa shape index (κ3) is 3.79. The highest BCUT2D eigenvalue weighted by atomic mass is 16.3. The molecule has 0 aliphatic carbocycles. The molecular formula is C10H16O. The highest BCUT2D eigenvalue weighted by Gasteiger charge is 2.01. The first-order valence-corrected chi connectivity index (χ1v) is 3.82. The molecule has 11 heavy (non-hydrogen) atoms. The van der Waals surface area contributed by atoms with Gasteiger partial charge in [0.1, 0.15) is 0 Å². The van der Waals surface area contributed by atoms with Crippen molar-refractivity contribution >= 4 is 0 Å². The second-order valence-electron chi connectivity index (χ2n) is 2.48. The highest BCUT2D eigenvalue weighted by Crippen LogP contribution is 2.10. The standard InChI is InChI=1S/C10H16O/c1-4-6-7-10(5-2)9(3)8-11/h4-7,9,11H,2,8H2,1,3H3/b6-4-,10-7+. The van der Waals surface area contributed by atoms with E-state index >= 15 is 0 Å². The van der Waals surface area contributed by atoms with Crippen LogP contribution in [-0.4, -0.2) is 11.7 Å². The number of hydrogen-bond donors (Lipinski definition) is 1. The van der Waals surface area contributed by atoms with Gasteiger partial charge in [0.25, 0.3) is 0 Å². The summed E-state index contributed by atoms with van der Waals surface area (Å²) in [7, 11) is 0. The van der Waals surface area contributed by atoms with E-state index in [2.05, 4.69) is 6.58 Å². The number of rotatable bonds is 4. The van der Waals surface area contributed by atoms with Crippen molar-refractivity contribution in [2.24, 2.45) is 5.92 Å². The minimum Gasteiger partial charge on any atom is -0.396 e. The Morgan fingerprint density at radius 1 is 1.64 bits per heavy atom. The van der Waals surface area contributed by atoms with Crippen LogP contribution in [0.25, 0.3) is 0 Å². The zero-order chi connectivity index (χ0) is 8.69. The maximum Gasteiger partial charge on any atom is 0.0497 e. The molecule has 0 fully saturated rings. The third-order valence-corrected chi connectivity index (χ3v) is 1.56. The first-order chi connectivity index (χ1) is 5.26. The molecule has 1 atom stereocenters. The average Bonchev–Trinajstić information content (AvgIpc) is 2.05. The van der Waals surface area contributed by atoms with Gasteiger partial charge in [-0.05, 0) is 12.5 Å². The van der Waals surface area contributed by atoms with E-state index in [1.54, 1.807) is 6.08 Å². The molecule has 0 rings (SSSR count). The van der Waals surface area contributed by atoms with Crippen molar-refractivity contribution in [3.63, 3.8) is 0 Å². The Balaban J connectivity index is 4.25. The summed E-state index contributed by atoms with van der Waals surface area (Å²) in [5, 5.41) is 8.82. The van der Waals surface area contributed by atoms with Crippen LogP contribution in [0.3, 0.4) is 0 Å². The summed E-state index contributed by atoms with van der Waals surface area (Å²) in [5.41, 5.74) is 1.07. The molecule has 0 heterocycles. The quantitative estimate of drug-likeness (QED) is 0.613. The van der Waals surface area contributed by atoms with Crippen molar-refractivity contribution in [1.29, 1.82) is 0 Å². The fourth-order valence-corrected chi connectivity index (χ4v) is 0.746. The van der Waals surface area contributed by atoms with Crippen LogP contribution < -0.4 is 0 Å². The van der Waals surface area contributed by atoms with Crippen LogP contribution in [0.15, 0.2) is 36.5 Å². The van der Waals surface area contributed by atoms with Gasteiger partial charge in [0.15, 0.2) is 0 Å². The zero-order valence-corrected chi connectivity index (χ0v) is 7.25. The molecule has 0 aromatic rings. The Morgan fingerprint density at radius 2 is 2.27 bits per heavy atom. The van der Waals surface area contributed by atoms with Gasteiger partial charge < -0.3 is 5.11 Å². The van der Waals surface area contributed by atoms with Crippen LogP contribution in [-0.2, 0) is 0 Å². The number of hydrogen-bond acceptors (Lipinski definition) is 1. The van der Waals surface area contributed by atoms with Crippen molar-refractivity contribution in [1.82, 2.24) is 0 Å². The van der Waals surface area contributed by atoms with Crippen molar-refractivity contribution < 1.29 is 5.11 Å². The smallest absolute Gasteiger partial charge is 0.0497 e. The van der Waals surface area contributed by atoms with Crippen LogP contribution in [0.1, 0.15) is 13.8 Å². The van der Waals surface area contributed by atoms with Gasteiger partial charge in [0.05, 0.1) is 0 Å². The molecule has 0 aliphatic heterocycles.